The van der Waals surface area contributed by atoms with Gasteiger partial charge in [0.25, 0.3) is 0 Å². The van der Waals surface area contributed by atoms with E-state index in [1.54, 1.807) is 0 Å². The maximum atomic E-state index is 13.0. The Hall–Kier alpha value is -1.65. The largest absolute Gasteiger partial charge is 0.417 e. The fourth-order valence-electron chi connectivity index (χ4n) is 2.70. The molecule has 0 aliphatic carbocycles. The zero-order valence-corrected chi connectivity index (χ0v) is 14.6. The Morgan fingerprint density at radius 3 is 2.60 bits per heavy atom. The molecule has 1 aliphatic heterocycles. The van der Waals surface area contributed by atoms with Gasteiger partial charge >= 0.3 is 6.18 Å². The number of nitrogens with zero attached hydrogens (tertiary/aromatic N) is 1. The topological polar surface area (TPSA) is 78.5 Å². The lowest BCUT2D eigenvalue weighted by Gasteiger charge is -2.35. The van der Waals surface area contributed by atoms with Crippen LogP contribution in [0.4, 0.5) is 13.2 Å². The highest BCUT2D eigenvalue weighted by atomic mass is 32.2. The summed E-state index contributed by atoms with van der Waals surface area (Å²) in [6, 6.07) is 2.57. The van der Waals surface area contributed by atoms with E-state index >= 15 is 0 Å². The van der Waals surface area contributed by atoms with E-state index in [0.717, 1.165) is 12.1 Å². The van der Waals surface area contributed by atoms with Crippen molar-refractivity contribution in [2.75, 3.05) is 19.6 Å². The van der Waals surface area contributed by atoms with E-state index in [2.05, 4.69) is 10.0 Å². The van der Waals surface area contributed by atoms with Gasteiger partial charge in [0, 0.05) is 25.7 Å². The highest BCUT2D eigenvalue weighted by Crippen LogP contribution is 2.33. The molecule has 2 unspecified atom stereocenters. The minimum absolute atomic E-state index is 0.129. The first kappa shape index (κ1) is 19.7. The molecule has 1 aromatic carbocycles. The monoisotopic (exact) mass is 379 g/mol. The van der Waals surface area contributed by atoms with E-state index in [0.29, 0.717) is 25.7 Å². The number of carbonyl (C=O) groups is 1. The van der Waals surface area contributed by atoms with Crippen molar-refractivity contribution in [1.29, 1.82) is 0 Å². The Morgan fingerprint density at radius 1 is 1.36 bits per heavy atom. The average molecular weight is 379 g/mol. The number of amides is 1. The van der Waals surface area contributed by atoms with E-state index < -0.39 is 38.6 Å². The van der Waals surface area contributed by atoms with Crippen molar-refractivity contribution in [3.8, 4) is 0 Å². The second kappa shape index (κ2) is 7.30. The summed E-state index contributed by atoms with van der Waals surface area (Å²) >= 11 is 0. The molecule has 0 radical (unpaired) electrons. The summed E-state index contributed by atoms with van der Waals surface area (Å²) in [5.41, 5.74) is -1.27. The zero-order chi connectivity index (χ0) is 18.8. The number of alkyl halides is 3. The third-order valence-corrected chi connectivity index (χ3v) is 5.57. The lowest BCUT2D eigenvalue weighted by molar-refractivity contribution is -0.139. The van der Waals surface area contributed by atoms with Crippen molar-refractivity contribution >= 4 is 15.9 Å². The molecule has 25 heavy (non-hydrogen) atoms. The molecule has 0 aromatic heterocycles. The predicted molar refractivity (Wildman–Crippen MR) is 85.3 cm³/mol. The number of benzene rings is 1. The number of halogens is 3. The molecule has 0 bridgehead atoms. The Kier molecular flexibility index (Phi) is 5.75. The van der Waals surface area contributed by atoms with E-state index in [1.165, 1.54) is 17.9 Å². The van der Waals surface area contributed by atoms with Gasteiger partial charge in [-0.05, 0) is 26.0 Å². The fourth-order valence-corrected chi connectivity index (χ4v) is 4.12. The summed E-state index contributed by atoms with van der Waals surface area (Å²) in [4.78, 5) is 13.1. The van der Waals surface area contributed by atoms with Crippen LogP contribution in [0.15, 0.2) is 29.2 Å². The molecule has 140 valence electrons. The van der Waals surface area contributed by atoms with Crippen molar-refractivity contribution in [1.82, 2.24) is 14.9 Å². The number of hydrogen-bond donors (Lipinski definition) is 2. The number of sulfonamides is 1. The van der Waals surface area contributed by atoms with E-state index in [9.17, 15) is 26.4 Å². The van der Waals surface area contributed by atoms with E-state index in [-0.39, 0.29) is 6.04 Å². The summed E-state index contributed by atoms with van der Waals surface area (Å²) in [6.07, 6.45) is -4.81. The van der Waals surface area contributed by atoms with Gasteiger partial charge in [0.15, 0.2) is 0 Å². The number of rotatable bonds is 4. The minimum Gasteiger partial charge on any atom is -0.336 e. The van der Waals surface area contributed by atoms with Crippen LogP contribution in [0, 0.1) is 0 Å². The molecule has 1 amide bonds. The molecule has 1 fully saturated rings. The summed E-state index contributed by atoms with van der Waals surface area (Å²) < 4.78 is 66.0. The maximum Gasteiger partial charge on any atom is 0.417 e. The third-order valence-electron chi connectivity index (χ3n) is 3.97. The summed E-state index contributed by atoms with van der Waals surface area (Å²) in [5.74, 6) is -0.470. The lowest BCUT2D eigenvalue weighted by atomic mass is 10.2. The van der Waals surface area contributed by atoms with Crippen LogP contribution in [0.2, 0.25) is 0 Å². The van der Waals surface area contributed by atoms with Gasteiger partial charge in [-0.3, -0.25) is 4.79 Å². The molecule has 2 N–H and O–H groups in total. The number of hydrogen-bond acceptors (Lipinski definition) is 4. The van der Waals surface area contributed by atoms with Crippen LogP contribution >= 0.6 is 0 Å². The van der Waals surface area contributed by atoms with Crippen LogP contribution < -0.4 is 10.0 Å². The smallest absolute Gasteiger partial charge is 0.336 e. The van der Waals surface area contributed by atoms with Gasteiger partial charge in [0.1, 0.15) is 0 Å². The predicted octanol–water partition coefficient (Wildman–Crippen LogP) is 1.19. The van der Waals surface area contributed by atoms with Crippen molar-refractivity contribution in [2.45, 2.75) is 37.0 Å². The molecule has 2 atom stereocenters. The fraction of sp³-hybridized carbons (Fsp3) is 0.533. The second-order valence-electron chi connectivity index (χ2n) is 5.92. The first-order valence-corrected chi connectivity index (χ1v) is 9.22. The van der Waals surface area contributed by atoms with Crippen LogP contribution in [0.3, 0.4) is 0 Å². The number of piperazine rings is 1. The first-order chi connectivity index (χ1) is 11.5. The SMILES string of the molecule is CC(NS(=O)(=O)c1ccccc1C(F)(F)F)C(=O)N1CCNCC1C. The molecule has 2 rings (SSSR count). The summed E-state index contributed by atoms with van der Waals surface area (Å²) in [7, 11) is -4.51. The minimum atomic E-state index is -4.81. The van der Waals surface area contributed by atoms with Crippen LogP contribution in [-0.4, -0.2) is 50.9 Å². The van der Waals surface area contributed by atoms with Crippen molar-refractivity contribution in [3.05, 3.63) is 29.8 Å². The number of nitrogens with one attached hydrogen (secondary N) is 2. The number of carbonyl (C=O) groups excluding carboxylic acids is 1. The quantitative estimate of drug-likeness (QED) is 0.824. The average Bonchev–Trinajstić information content (AvgIpc) is 2.53. The Labute approximate surface area is 144 Å². The molecule has 6 nitrogen and oxygen atoms in total. The third kappa shape index (κ3) is 4.50. The standard InChI is InChI=1S/C15H20F3N3O3S/c1-10-9-19-7-8-21(10)14(22)11(2)20-25(23,24)13-6-4-3-5-12(13)15(16,17)18/h3-6,10-11,19-20H,7-9H2,1-2H3. The van der Waals surface area contributed by atoms with Gasteiger partial charge < -0.3 is 10.2 Å². The van der Waals surface area contributed by atoms with Gasteiger partial charge in [-0.15, -0.1) is 0 Å². The summed E-state index contributed by atoms with van der Waals surface area (Å²) in [6.45, 7) is 4.69. The van der Waals surface area contributed by atoms with Gasteiger partial charge in [-0.25, -0.2) is 8.42 Å². The van der Waals surface area contributed by atoms with Gasteiger partial charge in [0.2, 0.25) is 15.9 Å². The molecule has 0 spiro atoms. The lowest BCUT2D eigenvalue weighted by Crippen LogP contribution is -2.57. The molecule has 0 saturated carbocycles. The van der Waals surface area contributed by atoms with E-state index in [1.807, 2.05) is 6.92 Å². The summed E-state index contributed by atoms with van der Waals surface area (Å²) in [5, 5.41) is 3.10. The highest BCUT2D eigenvalue weighted by Gasteiger charge is 2.38. The molecular weight excluding hydrogens is 359 g/mol. The van der Waals surface area contributed by atoms with Crippen LogP contribution in [0.1, 0.15) is 19.4 Å². The zero-order valence-electron chi connectivity index (χ0n) is 13.8. The molecule has 1 saturated heterocycles. The van der Waals surface area contributed by atoms with Crippen molar-refractivity contribution in [2.24, 2.45) is 0 Å². The molecule has 1 aliphatic rings. The highest BCUT2D eigenvalue weighted by molar-refractivity contribution is 7.89. The molecule has 10 heteroatoms. The maximum absolute atomic E-state index is 13.0. The van der Waals surface area contributed by atoms with Crippen LogP contribution in [-0.2, 0) is 21.0 Å². The van der Waals surface area contributed by atoms with Crippen molar-refractivity contribution < 1.29 is 26.4 Å². The van der Waals surface area contributed by atoms with Gasteiger partial charge in [0.05, 0.1) is 16.5 Å². The Balaban J connectivity index is 2.23. The Morgan fingerprint density at radius 2 is 2.00 bits per heavy atom. The normalized spacial score (nSPS) is 20.4. The Bertz CT molecular complexity index is 737. The molecule has 1 heterocycles. The van der Waals surface area contributed by atoms with Gasteiger partial charge in [-0.2, -0.15) is 17.9 Å². The second-order valence-corrected chi connectivity index (χ2v) is 7.60. The first-order valence-electron chi connectivity index (χ1n) is 7.74. The molecular formula is C15H20F3N3O3S. The van der Waals surface area contributed by atoms with Crippen LogP contribution in [0.5, 0.6) is 0 Å². The van der Waals surface area contributed by atoms with Crippen molar-refractivity contribution in [3.63, 3.8) is 0 Å². The van der Waals surface area contributed by atoms with Crippen LogP contribution in [0.25, 0.3) is 0 Å². The van der Waals surface area contributed by atoms with Gasteiger partial charge in [-0.1, -0.05) is 12.1 Å². The van der Waals surface area contributed by atoms with E-state index in [4.69, 9.17) is 0 Å². The molecule has 1 aromatic rings.